The van der Waals surface area contributed by atoms with Crippen molar-refractivity contribution in [1.82, 2.24) is 5.32 Å². The summed E-state index contributed by atoms with van der Waals surface area (Å²) >= 11 is 0. The Labute approximate surface area is 54.1 Å². The van der Waals surface area contributed by atoms with E-state index in [1.54, 1.807) is 0 Å². The van der Waals surface area contributed by atoms with Crippen molar-refractivity contribution in [3.05, 3.63) is 0 Å². The van der Waals surface area contributed by atoms with Gasteiger partial charge in [0, 0.05) is 6.04 Å². The highest BCUT2D eigenvalue weighted by molar-refractivity contribution is 5.77. The number of hydrogen-bond acceptors (Lipinski definition) is 2. The molecule has 3 nitrogen and oxygen atoms in total. The average Bonchev–Trinajstić information content (AvgIpc) is 1.59. The topological polar surface area (TPSA) is 49.3 Å². The molecule has 1 fully saturated rings. The van der Waals surface area contributed by atoms with Gasteiger partial charge in [0.25, 0.3) is 0 Å². The molecule has 1 aliphatic heterocycles. The monoisotopic (exact) mass is 129 g/mol. The maximum absolute atomic E-state index is 10.6. The second-order valence-electron chi connectivity index (χ2n) is 2.56. The first-order chi connectivity index (χ1) is 4.18. The van der Waals surface area contributed by atoms with Gasteiger partial charge in [-0.3, -0.25) is 4.79 Å². The highest BCUT2D eigenvalue weighted by Gasteiger charge is 2.20. The summed E-state index contributed by atoms with van der Waals surface area (Å²) in [7, 11) is 0. The molecule has 0 aromatic carbocycles. The van der Waals surface area contributed by atoms with Crippen LogP contribution in [-0.2, 0) is 4.79 Å². The second-order valence-corrected chi connectivity index (χ2v) is 2.56. The Morgan fingerprint density at radius 2 is 2.44 bits per heavy atom. The Hall–Kier alpha value is -0.570. The normalized spacial score (nSPS) is 36.0. The lowest BCUT2D eigenvalue weighted by Crippen LogP contribution is -2.42. The summed E-state index contributed by atoms with van der Waals surface area (Å²) in [6.45, 7) is 1.89. The van der Waals surface area contributed by atoms with Crippen molar-refractivity contribution in [1.29, 1.82) is 0 Å². The summed E-state index contributed by atoms with van der Waals surface area (Å²) in [5.74, 6) is -0.0405. The van der Waals surface area contributed by atoms with E-state index in [0.717, 1.165) is 0 Å². The second kappa shape index (κ2) is 2.35. The summed E-state index contributed by atoms with van der Waals surface area (Å²) in [5, 5.41) is 11.7. The molecule has 1 heterocycles. The smallest absolute Gasteiger partial charge is 0.222 e. The highest BCUT2D eigenvalue weighted by atomic mass is 16.3. The zero-order chi connectivity index (χ0) is 6.85. The fourth-order valence-electron chi connectivity index (χ4n) is 1.10. The molecule has 1 rings (SSSR count). The van der Waals surface area contributed by atoms with Gasteiger partial charge in [-0.15, -0.1) is 0 Å². The number of carbonyl (C=O) groups excluding carboxylic acids is 1. The minimum atomic E-state index is -0.422. The highest BCUT2D eigenvalue weighted by Crippen LogP contribution is 2.07. The van der Waals surface area contributed by atoms with Gasteiger partial charge in [0.1, 0.15) is 0 Å². The van der Waals surface area contributed by atoms with E-state index in [4.69, 9.17) is 5.11 Å². The molecule has 0 aromatic rings. The molecule has 1 aliphatic rings. The molecule has 1 saturated heterocycles. The Kier molecular flexibility index (Phi) is 1.71. The molecule has 9 heavy (non-hydrogen) atoms. The molecule has 2 N–H and O–H groups in total. The first-order valence-corrected chi connectivity index (χ1v) is 3.16. The molecule has 3 heteroatoms. The van der Waals surface area contributed by atoms with E-state index < -0.39 is 6.10 Å². The Morgan fingerprint density at radius 3 is 2.89 bits per heavy atom. The van der Waals surface area contributed by atoms with Crippen LogP contribution in [0, 0.1) is 0 Å². The first-order valence-electron chi connectivity index (χ1n) is 3.16. The SMILES string of the molecule is CC1CC(O)CC(=O)N1. The van der Waals surface area contributed by atoms with Crippen LogP contribution in [0.5, 0.6) is 0 Å². The molecule has 0 saturated carbocycles. The largest absolute Gasteiger partial charge is 0.393 e. The van der Waals surface area contributed by atoms with Crippen LogP contribution in [0.1, 0.15) is 19.8 Å². The molecule has 0 aromatic heterocycles. The minimum Gasteiger partial charge on any atom is -0.393 e. The molecule has 2 atom stereocenters. The van der Waals surface area contributed by atoms with E-state index in [-0.39, 0.29) is 18.4 Å². The van der Waals surface area contributed by atoms with E-state index in [1.807, 2.05) is 6.92 Å². The van der Waals surface area contributed by atoms with Crippen LogP contribution < -0.4 is 5.32 Å². The lowest BCUT2D eigenvalue weighted by molar-refractivity contribution is -0.126. The third-order valence-corrected chi connectivity index (χ3v) is 1.45. The quantitative estimate of drug-likeness (QED) is 0.469. The van der Waals surface area contributed by atoms with Crippen LogP contribution in [0.3, 0.4) is 0 Å². The van der Waals surface area contributed by atoms with E-state index in [2.05, 4.69) is 5.32 Å². The molecule has 0 bridgehead atoms. The number of piperidine rings is 1. The van der Waals surface area contributed by atoms with Gasteiger partial charge in [-0.1, -0.05) is 0 Å². The van der Waals surface area contributed by atoms with Crippen molar-refractivity contribution in [3.63, 3.8) is 0 Å². The number of aliphatic hydroxyl groups is 1. The molecular formula is C6H11NO2. The summed E-state index contributed by atoms with van der Waals surface area (Å²) in [6.07, 6.45) is 0.532. The van der Waals surface area contributed by atoms with Crippen molar-refractivity contribution < 1.29 is 9.90 Å². The summed E-state index contributed by atoms with van der Waals surface area (Å²) in [5.41, 5.74) is 0. The predicted molar refractivity (Wildman–Crippen MR) is 32.8 cm³/mol. The lowest BCUT2D eigenvalue weighted by Gasteiger charge is -2.23. The van der Waals surface area contributed by atoms with E-state index in [0.29, 0.717) is 6.42 Å². The third kappa shape index (κ3) is 1.68. The van der Waals surface area contributed by atoms with E-state index in [9.17, 15) is 4.79 Å². The van der Waals surface area contributed by atoms with Crippen molar-refractivity contribution in [2.75, 3.05) is 0 Å². The van der Waals surface area contributed by atoms with Gasteiger partial charge in [0.2, 0.25) is 5.91 Å². The van der Waals surface area contributed by atoms with Gasteiger partial charge in [-0.25, -0.2) is 0 Å². The predicted octanol–water partition coefficient (Wildman–Crippen LogP) is -0.354. The number of aliphatic hydroxyl groups excluding tert-OH is 1. The van der Waals surface area contributed by atoms with E-state index >= 15 is 0 Å². The first kappa shape index (κ1) is 6.55. The maximum Gasteiger partial charge on any atom is 0.222 e. The van der Waals surface area contributed by atoms with Crippen LogP contribution in [0.4, 0.5) is 0 Å². The molecule has 0 radical (unpaired) electrons. The van der Waals surface area contributed by atoms with Gasteiger partial charge >= 0.3 is 0 Å². The van der Waals surface area contributed by atoms with Crippen molar-refractivity contribution >= 4 is 5.91 Å². The number of carbonyl (C=O) groups is 1. The van der Waals surface area contributed by atoms with Gasteiger partial charge in [-0.2, -0.15) is 0 Å². The number of hydrogen-bond donors (Lipinski definition) is 2. The standard InChI is InChI=1S/C6H11NO2/c1-4-2-5(8)3-6(9)7-4/h4-5,8H,2-3H2,1H3,(H,7,9). The number of nitrogens with one attached hydrogen (secondary N) is 1. The van der Waals surface area contributed by atoms with Gasteiger partial charge < -0.3 is 10.4 Å². The van der Waals surface area contributed by atoms with Crippen molar-refractivity contribution in [2.24, 2.45) is 0 Å². The fraction of sp³-hybridized carbons (Fsp3) is 0.833. The molecule has 1 amide bonds. The number of rotatable bonds is 0. The van der Waals surface area contributed by atoms with Crippen molar-refractivity contribution in [3.8, 4) is 0 Å². The molecule has 0 spiro atoms. The molecule has 0 aliphatic carbocycles. The summed E-state index contributed by atoms with van der Waals surface area (Å²) in [6, 6.07) is 0.140. The summed E-state index contributed by atoms with van der Waals surface area (Å²) < 4.78 is 0. The average molecular weight is 129 g/mol. The van der Waals surface area contributed by atoms with Crippen molar-refractivity contribution in [2.45, 2.75) is 31.9 Å². The van der Waals surface area contributed by atoms with Crippen LogP contribution >= 0.6 is 0 Å². The van der Waals surface area contributed by atoms with Crippen LogP contribution in [0.25, 0.3) is 0 Å². The van der Waals surface area contributed by atoms with E-state index in [1.165, 1.54) is 0 Å². The van der Waals surface area contributed by atoms with Gasteiger partial charge in [0.15, 0.2) is 0 Å². The molecule has 2 unspecified atom stereocenters. The number of amides is 1. The Balaban J connectivity index is 2.43. The van der Waals surface area contributed by atoms with Crippen LogP contribution in [-0.4, -0.2) is 23.2 Å². The zero-order valence-corrected chi connectivity index (χ0v) is 5.42. The fourth-order valence-corrected chi connectivity index (χ4v) is 1.10. The van der Waals surface area contributed by atoms with Gasteiger partial charge in [0.05, 0.1) is 12.5 Å². The minimum absolute atomic E-state index is 0.0405. The Morgan fingerprint density at radius 1 is 1.78 bits per heavy atom. The molecular weight excluding hydrogens is 118 g/mol. The third-order valence-electron chi connectivity index (χ3n) is 1.45. The van der Waals surface area contributed by atoms with Gasteiger partial charge in [-0.05, 0) is 13.3 Å². The maximum atomic E-state index is 10.6. The zero-order valence-electron chi connectivity index (χ0n) is 5.42. The Bertz CT molecular complexity index is 112. The van der Waals surface area contributed by atoms with Crippen LogP contribution in [0.15, 0.2) is 0 Å². The summed E-state index contributed by atoms with van der Waals surface area (Å²) in [4.78, 5) is 10.6. The molecule has 52 valence electrons. The van der Waals surface area contributed by atoms with Crippen LogP contribution in [0.2, 0.25) is 0 Å². The lowest BCUT2D eigenvalue weighted by atomic mass is 10.0.